The van der Waals surface area contributed by atoms with Gasteiger partial charge in [-0.25, -0.2) is 14.4 Å². The van der Waals surface area contributed by atoms with Crippen LogP contribution in [0.3, 0.4) is 0 Å². The van der Waals surface area contributed by atoms with Gasteiger partial charge in [0.05, 0.1) is 0 Å². The minimum Gasteiger partial charge on any atom is -0.381 e. The van der Waals surface area contributed by atoms with Crippen LogP contribution in [0.25, 0.3) is 0 Å². The molecule has 1 unspecified atom stereocenters. The number of hydrogen-bond acceptors (Lipinski definition) is 5. The monoisotopic (exact) mass is 466 g/mol. The van der Waals surface area contributed by atoms with E-state index >= 15 is 0 Å². The molecule has 3 fully saturated rings. The predicted molar refractivity (Wildman–Crippen MR) is 136 cm³/mol. The Morgan fingerprint density at radius 1 is 1.09 bits per heavy atom. The maximum absolute atomic E-state index is 13.6. The van der Waals surface area contributed by atoms with Crippen LogP contribution in [0.2, 0.25) is 0 Å². The number of benzene rings is 1. The lowest BCUT2D eigenvalue weighted by Crippen LogP contribution is -2.32. The minimum absolute atomic E-state index is 0.257. The molecule has 1 N–H and O–H groups in total. The molecule has 1 aromatic heterocycles. The summed E-state index contributed by atoms with van der Waals surface area (Å²) < 4.78 is 19.1. The predicted octanol–water partition coefficient (Wildman–Crippen LogP) is 6.57. The molecule has 5 nitrogen and oxygen atoms in total. The second-order valence-electron chi connectivity index (χ2n) is 9.78. The average molecular weight is 467 g/mol. The summed E-state index contributed by atoms with van der Waals surface area (Å²) in [6.07, 6.45) is 12.0. The first-order valence-corrected chi connectivity index (χ1v) is 13.0. The molecule has 1 atom stereocenters. The lowest BCUT2D eigenvalue weighted by Gasteiger charge is -2.30. The number of rotatable bonds is 5. The zero-order valence-electron chi connectivity index (χ0n) is 20.7. The summed E-state index contributed by atoms with van der Waals surface area (Å²) in [4.78, 5) is 12.1. The molecule has 1 saturated carbocycles. The van der Waals surface area contributed by atoms with Crippen molar-refractivity contribution in [3.05, 3.63) is 59.3 Å². The molecule has 1 aromatic carbocycles. The van der Waals surface area contributed by atoms with Crippen molar-refractivity contribution in [1.29, 1.82) is 0 Å². The van der Waals surface area contributed by atoms with Crippen LogP contribution in [0.4, 0.5) is 15.9 Å². The number of allylic oxidation sites excluding steroid dienone is 2. The standard InChI is InChI=1S/C21H27FN4O.C7H12/c1-26-9-3-4-16(14-26)21-24-19(15-7-10-27-11-8-15)13-20(25-21)23-18-6-2-5-17(22)12-18;1-2-4-7-5-3-6-7/h2,5-6,12-13,15-16H,3-4,7-11,14H2,1H3,(H,23,24,25);4H,2-3,5-6H2,1H3. The fourth-order valence-electron chi connectivity index (χ4n) is 4.90. The fraction of sp³-hybridized carbons (Fsp3) is 0.571. The van der Waals surface area contributed by atoms with Gasteiger partial charge in [-0.2, -0.15) is 0 Å². The van der Waals surface area contributed by atoms with Gasteiger partial charge in [0.2, 0.25) is 0 Å². The van der Waals surface area contributed by atoms with E-state index in [1.807, 2.05) is 12.1 Å². The van der Waals surface area contributed by atoms with Crippen molar-refractivity contribution >= 4 is 11.5 Å². The molecule has 6 heteroatoms. The van der Waals surface area contributed by atoms with E-state index in [9.17, 15) is 4.39 Å². The third kappa shape index (κ3) is 7.09. The third-order valence-electron chi connectivity index (χ3n) is 6.98. The highest BCUT2D eigenvalue weighted by Crippen LogP contribution is 2.31. The first kappa shape index (κ1) is 24.8. The van der Waals surface area contributed by atoms with Crippen molar-refractivity contribution in [1.82, 2.24) is 14.9 Å². The Morgan fingerprint density at radius 2 is 1.91 bits per heavy atom. The van der Waals surface area contributed by atoms with Crippen molar-refractivity contribution in [3.8, 4) is 0 Å². The SMILES string of the molecule is CCC=C1CCC1.CN1CCCC(c2nc(Nc3cccc(F)c3)cc(C3CCOCC3)n2)C1. The maximum atomic E-state index is 13.6. The van der Waals surface area contributed by atoms with Gasteiger partial charge in [0.1, 0.15) is 17.5 Å². The molecule has 0 spiro atoms. The second-order valence-corrected chi connectivity index (χ2v) is 9.78. The number of nitrogens with one attached hydrogen (secondary N) is 1. The quantitative estimate of drug-likeness (QED) is 0.505. The van der Waals surface area contributed by atoms with Gasteiger partial charge in [-0.05, 0) is 83.2 Å². The van der Waals surface area contributed by atoms with Crippen LogP contribution in [-0.4, -0.2) is 48.2 Å². The molecular formula is C28H39FN4O. The molecular weight excluding hydrogens is 427 g/mol. The van der Waals surface area contributed by atoms with E-state index in [-0.39, 0.29) is 5.82 Å². The Balaban J connectivity index is 0.000000336. The van der Waals surface area contributed by atoms with Gasteiger partial charge in [-0.3, -0.25) is 0 Å². The van der Waals surface area contributed by atoms with Crippen molar-refractivity contribution in [2.45, 2.75) is 70.1 Å². The molecule has 3 heterocycles. The van der Waals surface area contributed by atoms with Gasteiger partial charge in [0.15, 0.2) is 0 Å². The Bertz CT molecular complexity index is 951. The van der Waals surface area contributed by atoms with E-state index in [1.165, 1.54) is 44.2 Å². The van der Waals surface area contributed by atoms with Gasteiger partial charge < -0.3 is 15.0 Å². The number of piperidine rings is 1. The van der Waals surface area contributed by atoms with Gasteiger partial charge in [-0.15, -0.1) is 0 Å². The van der Waals surface area contributed by atoms with Crippen LogP contribution in [0.15, 0.2) is 42.0 Å². The van der Waals surface area contributed by atoms with Crippen LogP contribution < -0.4 is 5.32 Å². The molecule has 0 amide bonds. The molecule has 2 aromatic rings. The minimum atomic E-state index is -0.257. The van der Waals surface area contributed by atoms with Crippen LogP contribution in [-0.2, 0) is 4.74 Å². The van der Waals surface area contributed by atoms with Crippen molar-refractivity contribution in [2.24, 2.45) is 0 Å². The second kappa shape index (κ2) is 12.4. The number of likely N-dealkylation sites (tertiary alicyclic amines) is 1. The number of halogens is 1. The van der Waals surface area contributed by atoms with E-state index in [0.717, 1.165) is 62.9 Å². The normalized spacial score (nSPS) is 21.3. The molecule has 1 aliphatic carbocycles. The Morgan fingerprint density at radius 3 is 2.56 bits per heavy atom. The highest BCUT2D eigenvalue weighted by atomic mass is 19.1. The average Bonchev–Trinajstić information content (AvgIpc) is 2.82. The van der Waals surface area contributed by atoms with E-state index in [4.69, 9.17) is 14.7 Å². The summed E-state index contributed by atoms with van der Waals surface area (Å²) in [5.74, 6) is 2.14. The van der Waals surface area contributed by atoms with Crippen LogP contribution in [0.1, 0.15) is 81.6 Å². The number of anilines is 2. The lowest BCUT2D eigenvalue weighted by atomic mass is 9.92. The Kier molecular flexibility index (Phi) is 9.05. The summed E-state index contributed by atoms with van der Waals surface area (Å²) in [7, 11) is 2.15. The topological polar surface area (TPSA) is 50.3 Å². The van der Waals surface area contributed by atoms with Crippen molar-refractivity contribution in [2.75, 3.05) is 38.7 Å². The largest absolute Gasteiger partial charge is 0.381 e. The van der Waals surface area contributed by atoms with Crippen LogP contribution in [0.5, 0.6) is 0 Å². The van der Waals surface area contributed by atoms with Crippen molar-refractivity contribution in [3.63, 3.8) is 0 Å². The van der Waals surface area contributed by atoms with E-state index < -0.39 is 0 Å². The van der Waals surface area contributed by atoms with E-state index in [2.05, 4.69) is 30.3 Å². The molecule has 184 valence electrons. The maximum Gasteiger partial charge on any atom is 0.135 e. The van der Waals surface area contributed by atoms with E-state index in [1.54, 1.807) is 11.6 Å². The van der Waals surface area contributed by atoms with Crippen LogP contribution in [0, 0.1) is 5.82 Å². The Labute approximate surface area is 203 Å². The molecule has 3 aliphatic rings. The zero-order chi connectivity index (χ0) is 23.8. The summed E-state index contributed by atoms with van der Waals surface area (Å²) in [5.41, 5.74) is 3.47. The summed E-state index contributed by atoms with van der Waals surface area (Å²) in [6.45, 7) is 5.87. The molecule has 5 rings (SSSR count). The molecule has 0 bridgehead atoms. The summed E-state index contributed by atoms with van der Waals surface area (Å²) >= 11 is 0. The number of likely N-dealkylation sites (N-methyl/N-ethyl adjacent to an activating group) is 1. The fourth-order valence-corrected chi connectivity index (χ4v) is 4.90. The van der Waals surface area contributed by atoms with Gasteiger partial charge in [0.25, 0.3) is 0 Å². The van der Waals surface area contributed by atoms with Gasteiger partial charge in [0, 0.05) is 49.0 Å². The van der Waals surface area contributed by atoms with Crippen LogP contribution >= 0.6 is 0 Å². The molecule has 2 saturated heterocycles. The number of hydrogen-bond donors (Lipinski definition) is 1. The highest BCUT2D eigenvalue weighted by molar-refractivity contribution is 5.56. The first-order valence-electron chi connectivity index (χ1n) is 13.0. The molecule has 0 radical (unpaired) electrons. The lowest BCUT2D eigenvalue weighted by molar-refractivity contribution is 0.0844. The van der Waals surface area contributed by atoms with Crippen molar-refractivity contribution < 1.29 is 9.13 Å². The molecule has 2 aliphatic heterocycles. The van der Waals surface area contributed by atoms with E-state index in [0.29, 0.717) is 17.5 Å². The smallest absolute Gasteiger partial charge is 0.135 e. The number of nitrogens with zero attached hydrogens (tertiary/aromatic N) is 3. The van der Waals surface area contributed by atoms with Gasteiger partial charge >= 0.3 is 0 Å². The number of ether oxygens (including phenoxy) is 1. The highest BCUT2D eigenvalue weighted by Gasteiger charge is 2.25. The third-order valence-corrected chi connectivity index (χ3v) is 6.98. The summed E-state index contributed by atoms with van der Waals surface area (Å²) in [5, 5.41) is 3.28. The summed E-state index contributed by atoms with van der Waals surface area (Å²) in [6, 6.07) is 8.52. The molecule has 34 heavy (non-hydrogen) atoms. The zero-order valence-corrected chi connectivity index (χ0v) is 20.7. The van der Waals surface area contributed by atoms with Gasteiger partial charge in [-0.1, -0.05) is 24.6 Å². The Hall–Kier alpha value is -2.31. The first-order chi connectivity index (χ1) is 16.6. The number of aromatic nitrogens is 2.